The Kier molecular flexibility index (Phi) is 2.12. The zero-order valence-electron chi connectivity index (χ0n) is 8.74. The molecule has 0 saturated heterocycles. The van der Waals surface area contributed by atoms with E-state index in [2.05, 4.69) is 47.0 Å². The highest BCUT2D eigenvalue weighted by Crippen LogP contribution is 2.34. The summed E-state index contributed by atoms with van der Waals surface area (Å²) in [7, 11) is 0. The number of hydrogen-bond donors (Lipinski definition) is 0. The quantitative estimate of drug-likeness (QED) is 0.624. The van der Waals surface area contributed by atoms with E-state index < -0.39 is 0 Å². The Balaban J connectivity index is 1.93. The third kappa shape index (κ3) is 1.49. The molecular weight excluding hydrogens is 182 g/mol. The SMILES string of the molecule is C1=CCC[C](N2CCc3ccccc32)C=1. The van der Waals surface area contributed by atoms with Crippen molar-refractivity contribution < 1.29 is 0 Å². The first-order valence-corrected chi connectivity index (χ1v) is 5.57. The fourth-order valence-corrected chi connectivity index (χ4v) is 2.38. The van der Waals surface area contributed by atoms with E-state index in [1.807, 2.05) is 0 Å². The molecule has 1 heteroatoms. The second-order valence-electron chi connectivity index (χ2n) is 4.08. The van der Waals surface area contributed by atoms with Gasteiger partial charge in [0.05, 0.1) is 6.04 Å². The molecule has 0 atom stereocenters. The lowest BCUT2D eigenvalue weighted by Gasteiger charge is -2.27. The molecule has 75 valence electrons. The van der Waals surface area contributed by atoms with Gasteiger partial charge in [-0.1, -0.05) is 18.2 Å². The third-order valence-corrected chi connectivity index (χ3v) is 3.15. The second-order valence-corrected chi connectivity index (χ2v) is 4.08. The van der Waals surface area contributed by atoms with Gasteiger partial charge in [0.15, 0.2) is 0 Å². The molecule has 0 saturated carbocycles. The van der Waals surface area contributed by atoms with Crippen LogP contribution in [0.25, 0.3) is 0 Å². The largest absolute Gasteiger partial charge is 0.358 e. The van der Waals surface area contributed by atoms with Crippen LogP contribution in [0.2, 0.25) is 0 Å². The summed E-state index contributed by atoms with van der Waals surface area (Å²) in [6, 6.07) is 10.1. The minimum absolute atomic E-state index is 1.13. The number of benzene rings is 1. The van der Waals surface area contributed by atoms with Crippen LogP contribution in [-0.4, -0.2) is 6.54 Å². The average molecular weight is 196 g/mol. The fourth-order valence-electron chi connectivity index (χ4n) is 2.38. The predicted octanol–water partition coefficient (Wildman–Crippen LogP) is 3.09. The summed E-state index contributed by atoms with van der Waals surface area (Å²) in [5, 5.41) is 0. The number of hydrogen-bond acceptors (Lipinski definition) is 1. The Morgan fingerprint density at radius 3 is 2.93 bits per heavy atom. The standard InChI is InChI=1S/C14H14N/c1-2-7-13(8-3-1)15-11-10-12-6-4-5-9-14(12)15/h1,4-6,8-9H,2,7,10-11H2. The highest BCUT2D eigenvalue weighted by molar-refractivity contribution is 5.62. The molecule has 0 fully saturated rings. The van der Waals surface area contributed by atoms with Crippen LogP contribution in [0.1, 0.15) is 18.4 Å². The van der Waals surface area contributed by atoms with E-state index in [0.717, 1.165) is 19.4 Å². The molecule has 0 N–H and O–H groups in total. The summed E-state index contributed by atoms with van der Waals surface area (Å²) in [4.78, 5) is 2.44. The Labute approximate surface area is 90.7 Å². The van der Waals surface area contributed by atoms with Crippen molar-refractivity contribution in [2.45, 2.75) is 19.3 Å². The lowest BCUT2D eigenvalue weighted by molar-refractivity contribution is 0.774. The Morgan fingerprint density at radius 2 is 2.07 bits per heavy atom. The Morgan fingerprint density at radius 1 is 1.13 bits per heavy atom. The van der Waals surface area contributed by atoms with Crippen molar-refractivity contribution in [2.24, 2.45) is 0 Å². The van der Waals surface area contributed by atoms with Crippen molar-refractivity contribution in [3.63, 3.8) is 0 Å². The number of fused-ring (bicyclic) bond motifs is 1. The topological polar surface area (TPSA) is 3.24 Å². The molecule has 0 aromatic heterocycles. The van der Waals surface area contributed by atoms with Crippen molar-refractivity contribution >= 4 is 5.69 Å². The van der Waals surface area contributed by atoms with Gasteiger partial charge in [-0.15, -0.1) is 5.73 Å². The minimum atomic E-state index is 1.13. The van der Waals surface area contributed by atoms with Gasteiger partial charge in [-0.05, 0) is 43.0 Å². The molecule has 1 nitrogen and oxygen atoms in total. The van der Waals surface area contributed by atoms with Gasteiger partial charge in [0, 0.05) is 12.2 Å². The van der Waals surface area contributed by atoms with Gasteiger partial charge in [0.2, 0.25) is 0 Å². The van der Waals surface area contributed by atoms with Crippen LogP contribution in [0.3, 0.4) is 0 Å². The fraction of sp³-hybridized carbons (Fsp3) is 0.286. The zero-order valence-corrected chi connectivity index (χ0v) is 8.74. The molecule has 1 heterocycles. The van der Waals surface area contributed by atoms with Crippen LogP contribution in [0, 0.1) is 6.04 Å². The maximum absolute atomic E-state index is 3.21. The van der Waals surface area contributed by atoms with Crippen molar-refractivity contribution in [1.29, 1.82) is 0 Å². The first kappa shape index (κ1) is 8.82. The molecule has 1 aliphatic heterocycles. The third-order valence-electron chi connectivity index (χ3n) is 3.15. The summed E-state index contributed by atoms with van der Waals surface area (Å²) >= 11 is 0. The molecule has 1 aliphatic carbocycles. The molecule has 15 heavy (non-hydrogen) atoms. The van der Waals surface area contributed by atoms with Gasteiger partial charge in [0.1, 0.15) is 0 Å². The maximum Gasteiger partial charge on any atom is 0.0934 e. The van der Waals surface area contributed by atoms with Crippen LogP contribution in [0.15, 0.2) is 42.1 Å². The van der Waals surface area contributed by atoms with Gasteiger partial charge >= 0.3 is 0 Å². The second kappa shape index (κ2) is 3.60. The van der Waals surface area contributed by atoms with Gasteiger partial charge in [-0.2, -0.15) is 0 Å². The van der Waals surface area contributed by atoms with Crippen molar-refractivity contribution in [3.05, 3.63) is 53.8 Å². The van der Waals surface area contributed by atoms with Crippen LogP contribution >= 0.6 is 0 Å². The average Bonchev–Trinajstić information content (AvgIpc) is 2.74. The number of nitrogens with zero attached hydrogens (tertiary/aromatic N) is 1. The van der Waals surface area contributed by atoms with Gasteiger partial charge in [-0.25, -0.2) is 0 Å². The lowest BCUT2D eigenvalue weighted by Crippen LogP contribution is -2.25. The number of rotatable bonds is 1. The highest BCUT2D eigenvalue weighted by atomic mass is 15.2. The van der Waals surface area contributed by atoms with Crippen LogP contribution < -0.4 is 4.90 Å². The van der Waals surface area contributed by atoms with E-state index in [0.29, 0.717) is 0 Å². The first-order chi connectivity index (χ1) is 7.45. The number of para-hydroxylation sites is 1. The first-order valence-electron chi connectivity index (χ1n) is 5.57. The molecule has 3 rings (SSSR count). The van der Waals surface area contributed by atoms with E-state index in [9.17, 15) is 0 Å². The van der Waals surface area contributed by atoms with E-state index in [4.69, 9.17) is 0 Å². The highest BCUT2D eigenvalue weighted by Gasteiger charge is 2.24. The summed E-state index contributed by atoms with van der Waals surface area (Å²) in [6.07, 6.45) is 7.71. The minimum Gasteiger partial charge on any atom is -0.358 e. The molecule has 2 aliphatic rings. The molecule has 0 amide bonds. The van der Waals surface area contributed by atoms with Crippen molar-refractivity contribution in [2.75, 3.05) is 11.4 Å². The summed E-state index contributed by atoms with van der Waals surface area (Å²) in [6.45, 7) is 1.13. The summed E-state index contributed by atoms with van der Waals surface area (Å²) in [5.41, 5.74) is 6.09. The molecule has 1 radical (unpaired) electrons. The molecule has 0 spiro atoms. The normalized spacial score (nSPS) is 19.6. The Hall–Kier alpha value is -1.46. The monoisotopic (exact) mass is 196 g/mol. The van der Waals surface area contributed by atoms with Crippen molar-refractivity contribution in [1.82, 2.24) is 0 Å². The van der Waals surface area contributed by atoms with E-state index in [1.54, 1.807) is 0 Å². The Bertz CT molecular complexity index is 427. The van der Waals surface area contributed by atoms with Gasteiger partial charge in [0.25, 0.3) is 0 Å². The lowest BCUT2D eigenvalue weighted by atomic mass is 10.1. The van der Waals surface area contributed by atoms with E-state index >= 15 is 0 Å². The smallest absolute Gasteiger partial charge is 0.0934 e. The predicted molar refractivity (Wildman–Crippen MR) is 62.6 cm³/mol. The summed E-state index contributed by atoms with van der Waals surface area (Å²) < 4.78 is 0. The van der Waals surface area contributed by atoms with Crippen LogP contribution in [0.5, 0.6) is 0 Å². The van der Waals surface area contributed by atoms with Crippen molar-refractivity contribution in [3.8, 4) is 0 Å². The zero-order chi connectivity index (χ0) is 10.1. The van der Waals surface area contributed by atoms with Gasteiger partial charge in [-0.3, -0.25) is 0 Å². The van der Waals surface area contributed by atoms with Crippen LogP contribution in [-0.2, 0) is 6.42 Å². The number of anilines is 1. The molecule has 1 aromatic rings. The maximum atomic E-state index is 3.21. The van der Waals surface area contributed by atoms with E-state index in [-0.39, 0.29) is 0 Å². The molecular formula is C14H14N. The van der Waals surface area contributed by atoms with E-state index in [1.165, 1.54) is 23.7 Å². The molecule has 1 aromatic carbocycles. The van der Waals surface area contributed by atoms with Crippen LogP contribution in [0.4, 0.5) is 5.69 Å². The molecule has 0 bridgehead atoms. The molecule has 0 unspecified atom stereocenters. The van der Waals surface area contributed by atoms with Gasteiger partial charge < -0.3 is 4.90 Å². The summed E-state index contributed by atoms with van der Waals surface area (Å²) in [5.74, 6) is 0.